The molecule has 90 valence electrons. The molecule has 1 aromatic heterocycles. The van der Waals surface area contributed by atoms with E-state index in [1.807, 2.05) is 6.92 Å². The molecule has 17 heavy (non-hydrogen) atoms. The Bertz CT molecular complexity index is 565. The van der Waals surface area contributed by atoms with Crippen LogP contribution in [0.3, 0.4) is 0 Å². The zero-order valence-electron chi connectivity index (χ0n) is 9.22. The highest BCUT2D eigenvalue weighted by Gasteiger charge is 2.11. The molecule has 0 aliphatic rings. The van der Waals surface area contributed by atoms with Gasteiger partial charge in [-0.05, 0) is 25.1 Å². The summed E-state index contributed by atoms with van der Waals surface area (Å²) in [4.78, 5) is 11.0. The van der Waals surface area contributed by atoms with Crippen molar-refractivity contribution in [1.82, 2.24) is 5.32 Å². The van der Waals surface area contributed by atoms with Crippen molar-refractivity contribution in [3.05, 3.63) is 35.3 Å². The molecule has 5 heteroatoms. The zero-order valence-corrected chi connectivity index (χ0v) is 9.97. The molecule has 0 aliphatic carbocycles. The van der Waals surface area contributed by atoms with E-state index in [9.17, 15) is 9.18 Å². The molecule has 0 atom stereocenters. The summed E-state index contributed by atoms with van der Waals surface area (Å²) in [6.45, 7) is 2.08. The summed E-state index contributed by atoms with van der Waals surface area (Å²) < 4.78 is 18.6. The minimum Gasteiger partial charge on any atom is -0.459 e. The van der Waals surface area contributed by atoms with Crippen LogP contribution in [0.15, 0.2) is 22.6 Å². The monoisotopic (exact) mass is 255 g/mol. The number of carbonyl (C=O) groups excluding carboxylic acids is 1. The quantitative estimate of drug-likeness (QED) is 0.857. The lowest BCUT2D eigenvalue weighted by atomic mass is 10.1. The topological polar surface area (TPSA) is 42.2 Å². The van der Waals surface area contributed by atoms with Gasteiger partial charge in [-0.1, -0.05) is 0 Å². The van der Waals surface area contributed by atoms with Crippen LogP contribution in [0.4, 0.5) is 4.39 Å². The van der Waals surface area contributed by atoms with Crippen LogP contribution in [0.25, 0.3) is 11.0 Å². The summed E-state index contributed by atoms with van der Waals surface area (Å²) >= 11 is 5.37. The average Bonchev–Trinajstić information content (AvgIpc) is 2.63. The van der Waals surface area contributed by atoms with Gasteiger partial charge in [-0.3, -0.25) is 4.79 Å². The van der Waals surface area contributed by atoms with Crippen molar-refractivity contribution in [2.45, 2.75) is 13.5 Å². The lowest BCUT2D eigenvalue weighted by Gasteiger charge is -2.00. The first-order valence-corrected chi connectivity index (χ1v) is 5.65. The number of halogens is 2. The maximum absolute atomic E-state index is 13.1. The minimum atomic E-state index is -0.308. The van der Waals surface area contributed by atoms with E-state index >= 15 is 0 Å². The Morgan fingerprint density at radius 2 is 2.29 bits per heavy atom. The maximum Gasteiger partial charge on any atom is 0.235 e. The van der Waals surface area contributed by atoms with Crippen LogP contribution in [0.1, 0.15) is 11.3 Å². The van der Waals surface area contributed by atoms with Gasteiger partial charge < -0.3 is 9.73 Å². The highest BCUT2D eigenvalue weighted by atomic mass is 35.5. The molecule has 0 bridgehead atoms. The van der Waals surface area contributed by atoms with E-state index in [0.717, 1.165) is 10.9 Å². The Morgan fingerprint density at radius 1 is 1.53 bits per heavy atom. The summed E-state index contributed by atoms with van der Waals surface area (Å²) in [6.07, 6.45) is 0. The number of fused-ring (bicyclic) bond motifs is 1. The van der Waals surface area contributed by atoms with Crippen LogP contribution in [0.2, 0.25) is 0 Å². The van der Waals surface area contributed by atoms with Crippen molar-refractivity contribution in [3.63, 3.8) is 0 Å². The normalized spacial score (nSPS) is 10.8. The lowest BCUT2D eigenvalue weighted by molar-refractivity contribution is -0.118. The predicted molar refractivity (Wildman–Crippen MR) is 63.5 cm³/mol. The molecule has 0 aliphatic heterocycles. The fourth-order valence-corrected chi connectivity index (χ4v) is 1.73. The number of carbonyl (C=O) groups is 1. The van der Waals surface area contributed by atoms with Crippen LogP contribution < -0.4 is 5.32 Å². The number of aryl methyl sites for hydroxylation is 1. The number of benzene rings is 1. The van der Waals surface area contributed by atoms with Crippen molar-refractivity contribution in [2.75, 3.05) is 5.88 Å². The molecule has 0 fully saturated rings. The van der Waals surface area contributed by atoms with Crippen LogP contribution >= 0.6 is 11.6 Å². The van der Waals surface area contributed by atoms with Gasteiger partial charge in [-0.25, -0.2) is 4.39 Å². The molecule has 0 spiro atoms. The van der Waals surface area contributed by atoms with Gasteiger partial charge in [0, 0.05) is 10.9 Å². The van der Waals surface area contributed by atoms with Gasteiger partial charge in [0.05, 0.1) is 6.54 Å². The fraction of sp³-hybridized carbons (Fsp3) is 0.250. The Labute approximate surface area is 103 Å². The molecule has 2 rings (SSSR count). The van der Waals surface area contributed by atoms with Crippen LogP contribution in [0, 0.1) is 12.7 Å². The number of hydrogen-bond donors (Lipinski definition) is 1. The third-order valence-corrected chi connectivity index (χ3v) is 2.81. The second-order valence-corrected chi connectivity index (χ2v) is 3.97. The molecule has 1 amide bonds. The fourth-order valence-electron chi connectivity index (χ4n) is 1.64. The smallest absolute Gasteiger partial charge is 0.235 e. The Hall–Kier alpha value is -1.55. The first-order chi connectivity index (χ1) is 8.11. The third-order valence-electron chi connectivity index (χ3n) is 2.56. The van der Waals surface area contributed by atoms with Crippen molar-refractivity contribution in [1.29, 1.82) is 0 Å². The van der Waals surface area contributed by atoms with Gasteiger partial charge in [-0.2, -0.15) is 0 Å². The Morgan fingerprint density at radius 3 is 3.00 bits per heavy atom. The van der Waals surface area contributed by atoms with E-state index in [2.05, 4.69) is 5.32 Å². The van der Waals surface area contributed by atoms with Crippen LogP contribution in [-0.4, -0.2) is 11.8 Å². The average molecular weight is 256 g/mol. The van der Waals surface area contributed by atoms with Crippen LogP contribution in [0.5, 0.6) is 0 Å². The first-order valence-electron chi connectivity index (χ1n) is 5.12. The van der Waals surface area contributed by atoms with Gasteiger partial charge in [0.15, 0.2) is 0 Å². The second-order valence-electron chi connectivity index (χ2n) is 3.70. The molecule has 3 nitrogen and oxygen atoms in total. The SMILES string of the molecule is Cc1c(CNC(=O)CCl)oc2ccc(F)cc12. The van der Waals surface area contributed by atoms with E-state index in [4.69, 9.17) is 16.0 Å². The summed E-state index contributed by atoms with van der Waals surface area (Å²) in [5.74, 6) is -0.0482. The van der Waals surface area contributed by atoms with E-state index in [0.29, 0.717) is 11.3 Å². The molecule has 0 saturated heterocycles. The number of alkyl halides is 1. The van der Waals surface area contributed by atoms with Gasteiger partial charge >= 0.3 is 0 Å². The zero-order chi connectivity index (χ0) is 12.4. The van der Waals surface area contributed by atoms with Crippen LogP contribution in [-0.2, 0) is 11.3 Å². The molecule has 0 unspecified atom stereocenters. The van der Waals surface area contributed by atoms with E-state index in [1.165, 1.54) is 12.1 Å². The highest BCUT2D eigenvalue weighted by Crippen LogP contribution is 2.25. The van der Waals surface area contributed by atoms with Gasteiger partial charge in [-0.15, -0.1) is 11.6 Å². The third kappa shape index (κ3) is 2.42. The number of furan rings is 1. The number of amides is 1. The first kappa shape index (κ1) is 11.9. The molecule has 1 aromatic carbocycles. The van der Waals surface area contributed by atoms with Gasteiger partial charge in [0.1, 0.15) is 23.0 Å². The maximum atomic E-state index is 13.1. The molecule has 1 heterocycles. The minimum absolute atomic E-state index is 0.0894. The van der Waals surface area contributed by atoms with Crippen molar-refractivity contribution >= 4 is 28.5 Å². The number of nitrogens with one attached hydrogen (secondary N) is 1. The van der Waals surface area contributed by atoms with Crippen molar-refractivity contribution in [2.24, 2.45) is 0 Å². The standard InChI is InChI=1S/C12H11ClFNO2/c1-7-9-4-8(14)2-3-10(9)17-11(7)6-15-12(16)5-13/h2-4H,5-6H2,1H3,(H,15,16). The van der Waals surface area contributed by atoms with E-state index in [-0.39, 0.29) is 24.1 Å². The number of hydrogen-bond acceptors (Lipinski definition) is 2. The summed E-state index contributed by atoms with van der Waals surface area (Å²) in [6, 6.07) is 4.33. The Balaban J connectivity index is 2.29. The summed E-state index contributed by atoms with van der Waals surface area (Å²) in [7, 11) is 0. The summed E-state index contributed by atoms with van der Waals surface area (Å²) in [5, 5.41) is 3.33. The molecular weight excluding hydrogens is 245 g/mol. The van der Waals surface area contributed by atoms with Crippen molar-refractivity contribution < 1.29 is 13.6 Å². The lowest BCUT2D eigenvalue weighted by Crippen LogP contribution is -2.23. The largest absolute Gasteiger partial charge is 0.459 e. The molecular formula is C12H11ClFNO2. The Kier molecular flexibility index (Phi) is 3.33. The molecule has 2 aromatic rings. The predicted octanol–water partition coefficient (Wildman–Crippen LogP) is 2.74. The molecule has 0 saturated carbocycles. The van der Waals surface area contributed by atoms with Gasteiger partial charge in [0.2, 0.25) is 5.91 Å². The second kappa shape index (κ2) is 4.75. The summed E-state index contributed by atoms with van der Waals surface area (Å²) in [5.41, 5.74) is 1.44. The number of rotatable bonds is 3. The van der Waals surface area contributed by atoms with Gasteiger partial charge in [0.25, 0.3) is 0 Å². The molecule has 0 radical (unpaired) electrons. The van der Waals surface area contributed by atoms with E-state index in [1.54, 1.807) is 6.07 Å². The highest BCUT2D eigenvalue weighted by molar-refractivity contribution is 6.27. The van der Waals surface area contributed by atoms with E-state index < -0.39 is 0 Å². The van der Waals surface area contributed by atoms with Crippen molar-refractivity contribution in [3.8, 4) is 0 Å². The molecule has 1 N–H and O–H groups in total.